The molecule has 3 rings (SSSR count). The fourth-order valence-corrected chi connectivity index (χ4v) is 3.20. The van der Waals surface area contributed by atoms with Crippen LogP contribution in [0.1, 0.15) is 49.8 Å². The normalized spacial score (nSPS) is 22.9. The van der Waals surface area contributed by atoms with Crippen LogP contribution in [0.15, 0.2) is 18.2 Å². The molecule has 1 atom stereocenters. The maximum Gasteiger partial charge on any atom is 0.126 e. The average Bonchev–Trinajstić information content (AvgIpc) is 3.27. The highest BCUT2D eigenvalue weighted by Crippen LogP contribution is 2.29. The molecule has 2 fully saturated rings. The number of hydrogen-bond acceptors (Lipinski definition) is 2. The number of hydrogen-bond donors (Lipinski definition) is 1. The van der Waals surface area contributed by atoms with Crippen LogP contribution in [-0.2, 0) is 0 Å². The molecule has 0 radical (unpaired) electrons. The molecule has 1 aromatic carbocycles. The van der Waals surface area contributed by atoms with Crippen molar-refractivity contribution in [3.05, 3.63) is 35.1 Å². The van der Waals surface area contributed by atoms with Gasteiger partial charge in [0.15, 0.2) is 0 Å². The number of nitrogens with one attached hydrogen (secondary N) is 1. The lowest BCUT2D eigenvalue weighted by Crippen LogP contribution is -2.44. The van der Waals surface area contributed by atoms with Crippen molar-refractivity contribution >= 4 is 0 Å². The topological polar surface area (TPSA) is 15.3 Å². The first-order valence-electron chi connectivity index (χ1n) is 7.89. The Kier molecular flexibility index (Phi) is 4.08. The van der Waals surface area contributed by atoms with Crippen LogP contribution in [0.4, 0.5) is 4.39 Å². The van der Waals surface area contributed by atoms with E-state index in [2.05, 4.69) is 17.1 Å². The van der Waals surface area contributed by atoms with Crippen LogP contribution < -0.4 is 5.32 Å². The van der Waals surface area contributed by atoms with E-state index in [4.69, 9.17) is 0 Å². The first-order chi connectivity index (χ1) is 9.63. The van der Waals surface area contributed by atoms with Gasteiger partial charge in [-0.05, 0) is 69.8 Å². The number of nitrogens with zero attached hydrogens (tertiary/aromatic N) is 1. The van der Waals surface area contributed by atoms with Gasteiger partial charge in [-0.2, -0.15) is 0 Å². The molecule has 0 amide bonds. The third kappa shape index (κ3) is 3.21. The fourth-order valence-electron chi connectivity index (χ4n) is 3.20. The predicted molar refractivity (Wildman–Crippen MR) is 80.3 cm³/mol. The highest BCUT2D eigenvalue weighted by atomic mass is 19.1. The molecule has 110 valence electrons. The van der Waals surface area contributed by atoms with E-state index in [1.165, 1.54) is 38.8 Å². The highest BCUT2D eigenvalue weighted by Gasteiger charge is 2.31. The van der Waals surface area contributed by atoms with Crippen molar-refractivity contribution in [1.82, 2.24) is 10.2 Å². The van der Waals surface area contributed by atoms with Gasteiger partial charge in [0, 0.05) is 18.1 Å². The van der Waals surface area contributed by atoms with Crippen LogP contribution in [0.25, 0.3) is 0 Å². The predicted octanol–water partition coefficient (Wildman–Crippen LogP) is 3.41. The minimum atomic E-state index is -0.0975. The quantitative estimate of drug-likeness (QED) is 0.906. The molecule has 1 aliphatic heterocycles. The van der Waals surface area contributed by atoms with Crippen LogP contribution in [-0.4, -0.2) is 30.1 Å². The zero-order chi connectivity index (χ0) is 14.1. The average molecular weight is 276 g/mol. The van der Waals surface area contributed by atoms with E-state index in [1.807, 2.05) is 19.1 Å². The molecule has 1 aliphatic carbocycles. The van der Waals surface area contributed by atoms with E-state index >= 15 is 0 Å². The van der Waals surface area contributed by atoms with Crippen molar-refractivity contribution < 1.29 is 4.39 Å². The second-order valence-corrected chi connectivity index (χ2v) is 6.44. The monoisotopic (exact) mass is 276 g/mol. The summed E-state index contributed by atoms with van der Waals surface area (Å²) in [5, 5.41) is 3.67. The van der Waals surface area contributed by atoms with E-state index in [0.29, 0.717) is 6.04 Å². The van der Waals surface area contributed by atoms with Crippen molar-refractivity contribution in [3.63, 3.8) is 0 Å². The Balaban J connectivity index is 1.53. The molecule has 1 saturated heterocycles. The second-order valence-electron chi connectivity index (χ2n) is 6.44. The van der Waals surface area contributed by atoms with Gasteiger partial charge >= 0.3 is 0 Å². The van der Waals surface area contributed by atoms with Gasteiger partial charge in [-0.25, -0.2) is 4.39 Å². The molecule has 0 bridgehead atoms. The molecule has 1 unspecified atom stereocenters. The number of benzene rings is 1. The van der Waals surface area contributed by atoms with Crippen molar-refractivity contribution in [2.45, 2.75) is 57.7 Å². The Bertz CT molecular complexity index is 462. The third-order valence-corrected chi connectivity index (χ3v) is 4.77. The lowest BCUT2D eigenvalue weighted by atomic mass is 10.0. The molecule has 20 heavy (non-hydrogen) atoms. The van der Waals surface area contributed by atoms with Crippen molar-refractivity contribution in [2.75, 3.05) is 13.1 Å². The minimum absolute atomic E-state index is 0.0975. The molecule has 2 nitrogen and oxygen atoms in total. The number of rotatable bonds is 4. The summed E-state index contributed by atoms with van der Waals surface area (Å²) in [4.78, 5) is 2.63. The van der Waals surface area contributed by atoms with Crippen LogP contribution in [0.3, 0.4) is 0 Å². The molecule has 3 heteroatoms. The van der Waals surface area contributed by atoms with Gasteiger partial charge in [-0.3, -0.25) is 0 Å². The maximum atomic E-state index is 13.6. The second kappa shape index (κ2) is 5.82. The Hall–Kier alpha value is -0.930. The first-order valence-corrected chi connectivity index (χ1v) is 7.89. The van der Waals surface area contributed by atoms with Gasteiger partial charge in [-0.1, -0.05) is 12.1 Å². The zero-order valence-corrected chi connectivity index (χ0v) is 12.5. The number of halogens is 1. The zero-order valence-electron chi connectivity index (χ0n) is 12.5. The summed E-state index contributed by atoms with van der Waals surface area (Å²) in [5.41, 5.74) is 1.77. The van der Waals surface area contributed by atoms with Crippen LogP contribution in [0.5, 0.6) is 0 Å². The fraction of sp³-hybridized carbons (Fsp3) is 0.647. The van der Waals surface area contributed by atoms with Gasteiger partial charge in [0.1, 0.15) is 5.82 Å². The Morgan fingerprint density at radius 3 is 2.50 bits per heavy atom. The third-order valence-electron chi connectivity index (χ3n) is 4.77. The Morgan fingerprint density at radius 1 is 1.20 bits per heavy atom. The number of aryl methyl sites for hydroxylation is 1. The van der Waals surface area contributed by atoms with Gasteiger partial charge in [-0.15, -0.1) is 0 Å². The summed E-state index contributed by atoms with van der Waals surface area (Å²) in [6, 6.07) is 7.27. The van der Waals surface area contributed by atoms with Gasteiger partial charge in [0.25, 0.3) is 0 Å². The van der Waals surface area contributed by atoms with Crippen molar-refractivity contribution in [2.24, 2.45) is 0 Å². The summed E-state index contributed by atoms with van der Waals surface area (Å²) >= 11 is 0. The van der Waals surface area contributed by atoms with Crippen LogP contribution >= 0.6 is 0 Å². The lowest BCUT2D eigenvalue weighted by Gasteiger charge is -2.34. The van der Waals surface area contributed by atoms with Gasteiger partial charge in [0.05, 0.1) is 0 Å². The number of likely N-dealkylation sites (tertiary alicyclic amines) is 1. The molecule has 0 spiro atoms. The molecule has 1 aromatic rings. The maximum absolute atomic E-state index is 13.6. The smallest absolute Gasteiger partial charge is 0.126 e. The van der Waals surface area contributed by atoms with Crippen molar-refractivity contribution in [1.29, 1.82) is 0 Å². The SMILES string of the molecule is Cc1ccc(C(C)NC2CCN(C3CC3)CC2)cc1F. The minimum Gasteiger partial charge on any atom is -0.307 e. The van der Waals surface area contributed by atoms with E-state index in [9.17, 15) is 4.39 Å². The van der Waals surface area contributed by atoms with E-state index in [1.54, 1.807) is 6.07 Å². The Morgan fingerprint density at radius 2 is 1.90 bits per heavy atom. The van der Waals surface area contributed by atoms with Gasteiger partial charge < -0.3 is 10.2 Å². The summed E-state index contributed by atoms with van der Waals surface area (Å²) in [6.45, 7) is 6.39. The van der Waals surface area contributed by atoms with Crippen LogP contribution in [0, 0.1) is 12.7 Å². The lowest BCUT2D eigenvalue weighted by molar-refractivity contribution is 0.184. The Labute approximate surface area is 121 Å². The molecule has 2 aliphatic rings. The highest BCUT2D eigenvalue weighted by molar-refractivity contribution is 5.25. The molecule has 1 saturated carbocycles. The number of piperidine rings is 1. The van der Waals surface area contributed by atoms with E-state index in [-0.39, 0.29) is 11.9 Å². The largest absolute Gasteiger partial charge is 0.307 e. The summed E-state index contributed by atoms with van der Waals surface area (Å²) < 4.78 is 13.6. The summed E-state index contributed by atoms with van der Waals surface area (Å²) in [5.74, 6) is -0.0975. The first kappa shape index (κ1) is 14.0. The molecular weight excluding hydrogens is 251 g/mol. The standard InChI is InChI=1S/C17H25FN2/c1-12-3-4-14(11-17(12)18)13(2)19-15-7-9-20(10-8-15)16-5-6-16/h3-4,11,13,15-16,19H,5-10H2,1-2H3. The molecule has 0 aromatic heterocycles. The molecular formula is C17H25FN2. The molecule has 1 heterocycles. The van der Waals surface area contributed by atoms with Crippen molar-refractivity contribution in [3.8, 4) is 0 Å². The van der Waals surface area contributed by atoms with E-state index in [0.717, 1.165) is 17.2 Å². The van der Waals surface area contributed by atoms with Gasteiger partial charge in [0.2, 0.25) is 0 Å². The molecule has 1 N–H and O–H groups in total. The van der Waals surface area contributed by atoms with Crippen LogP contribution in [0.2, 0.25) is 0 Å². The van der Waals surface area contributed by atoms with E-state index < -0.39 is 0 Å². The summed E-state index contributed by atoms with van der Waals surface area (Å²) in [7, 11) is 0. The summed E-state index contributed by atoms with van der Waals surface area (Å²) in [6.07, 6.45) is 5.23.